The first-order valence-corrected chi connectivity index (χ1v) is 6.08. The van der Waals surface area contributed by atoms with Gasteiger partial charge < -0.3 is 14.8 Å². The van der Waals surface area contributed by atoms with Crippen LogP contribution in [0.1, 0.15) is 15.9 Å². The van der Waals surface area contributed by atoms with Gasteiger partial charge in [-0.15, -0.1) is 11.6 Å². The topological polar surface area (TPSA) is 47.6 Å². The molecule has 0 saturated carbocycles. The Kier molecular flexibility index (Phi) is 5.95. The Hall–Kier alpha value is -1.26. The molecule has 1 aromatic carbocycles. The lowest BCUT2D eigenvalue weighted by Gasteiger charge is -2.12. The van der Waals surface area contributed by atoms with E-state index < -0.39 is 0 Å². The van der Waals surface area contributed by atoms with Crippen LogP contribution >= 0.6 is 11.6 Å². The number of alkyl halides is 1. The predicted octanol–water partition coefficient (Wildman–Crippen LogP) is 1.99. The zero-order valence-corrected chi connectivity index (χ0v) is 11.6. The highest BCUT2D eigenvalue weighted by Crippen LogP contribution is 2.19. The summed E-state index contributed by atoms with van der Waals surface area (Å²) in [6.07, 6.45) is 0. The van der Waals surface area contributed by atoms with Crippen molar-refractivity contribution in [3.05, 3.63) is 29.3 Å². The minimum Gasteiger partial charge on any atom is -0.496 e. The molecule has 4 nitrogen and oxygen atoms in total. The summed E-state index contributed by atoms with van der Waals surface area (Å²) < 4.78 is 10.1. The third kappa shape index (κ3) is 4.20. The number of nitrogens with one attached hydrogen (secondary N) is 1. The van der Waals surface area contributed by atoms with Gasteiger partial charge in [0.05, 0.1) is 24.7 Å². The Bertz CT molecular complexity index is 409. The number of ether oxygens (including phenoxy) is 2. The molecule has 1 atom stereocenters. The lowest BCUT2D eigenvalue weighted by Crippen LogP contribution is -2.31. The van der Waals surface area contributed by atoms with Crippen molar-refractivity contribution in [2.24, 2.45) is 0 Å². The molecular weight excluding hydrogens is 254 g/mol. The van der Waals surface area contributed by atoms with E-state index in [1.54, 1.807) is 19.2 Å². The van der Waals surface area contributed by atoms with Crippen LogP contribution in [0, 0.1) is 6.92 Å². The van der Waals surface area contributed by atoms with E-state index in [1.807, 2.05) is 13.0 Å². The monoisotopic (exact) mass is 271 g/mol. The minimum atomic E-state index is -0.241. The molecule has 0 radical (unpaired) electrons. The van der Waals surface area contributed by atoms with Gasteiger partial charge in [0.1, 0.15) is 5.75 Å². The number of carbonyl (C=O) groups excluding carboxylic acids is 1. The summed E-state index contributed by atoms with van der Waals surface area (Å²) in [5, 5.41) is 2.51. The molecular formula is C13H18ClNO3. The summed E-state index contributed by atoms with van der Waals surface area (Å²) in [4.78, 5) is 12.0. The summed E-state index contributed by atoms with van der Waals surface area (Å²) in [7, 11) is 3.11. The third-order valence-electron chi connectivity index (χ3n) is 2.43. The maximum atomic E-state index is 12.0. The summed E-state index contributed by atoms with van der Waals surface area (Å²) in [5.74, 6) is 0.355. The zero-order valence-electron chi connectivity index (χ0n) is 10.8. The van der Waals surface area contributed by atoms with Gasteiger partial charge in [0.2, 0.25) is 0 Å². The number of rotatable bonds is 6. The van der Waals surface area contributed by atoms with Crippen molar-refractivity contribution < 1.29 is 14.3 Å². The Morgan fingerprint density at radius 3 is 2.78 bits per heavy atom. The summed E-state index contributed by atoms with van der Waals surface area (Å²) in [6, 6.07) is 5.45. The molecule has 0 heterocycles. The van der Waals surface area contributed by atoms with Crippen molar-refractivity contribution >= 4 is 17.5 Å². The molecule has 1 aromatic rings. The summed E-state index contributed by atoms with van der Waals surface area (Å²) >= 11 is 5.95. The highest BCUT2D eigenvalue weighted by Gasteiger charge is 2.13. The first kappa shape index (κ1) is 14.8. The van der Waals surface area contributed by atoms with Crippen LogP contribution in [-0.2, 0) is 4.74 Å². The number of hydrogen-bond donors (Lipinski definition) is 1. The van der Waals surface area contributed by atoms with Crippen LogP contribution in [0.3, 0.4) is 0 Å². The van der Waals surface area contributed by atoms with Gasteiger partial charge in [-0.05, 0) is 19.1 Å². The average Bonchev–Trinajstić information content (AvgIpc) is 2.36. The van der Waals surface area contributed by atoms with Crippen LogP contribution < -0.4 is 10.1 Å². The molecule has 0 spiro atoms. The minimum absolute atomic E-state index is 0.197. The van der Waals surface area contributed by atoms with Crippen molar-refractivity contribution in [1.29, 1.82) is 0 Å². The molecule has 1 rings (SSSR count). The molecule has 0 aliphatic heterocycles. The molecule has 0 saturated heterocycles. The molecule has 1 amide bonds. The first-order valence-electron chi connectivity index (χ1n) is 5.64. The van der Waals surface area contributed by atoms with E-state index in [0.29, 0.717) is 24.5 Å². The molecule has 100 valence electrons. The summed E-state index contributed by atoms with van der Waals surface area (Å²) in [5.41, 5.74) is 1.51. The van der Waals surface area contributed by atoms with Crippen molar-refractivity contribution in [2.75, 3.05) is 27.4 Å². The molecule has 1 unspecified atom stereocenters. The van der Waals surface area contributed by atoms with E-state index in [2.05, 4.69) is 5.32 Å². The zero-order chi connectivity index (χ0) is 13.5. The highest BCUT2D eigenvalue weighted by molar-refractivity contribution is 6.21. The van der Waals surface area contributed by atoms with Crippen LogP contribution in [0.25, 0.3) is 0 Å². The van der Waals surface area contributed by atoms with Crippen molar-refractivity contribution in [1.82, 2.24) is 5.32 Å². The van der Waals surface area contributed by atoms with Crippen LogP contribution in [-0.4, -0.2) is 38.7 Å². The van der Waals surface area contributed by atoms with Crippen LogP contribution in [0.4, 0.5) is 0 Å². The fourth-order valence-corrected chi connectivity index (χ4v) is 1.74. The van der Waals surface area contributed by atoms with Gasteiger partial charge in [0.15, 0.2) is 0 Å². The van der Waals surface area contributed by atoms with E-state index >= 15 is 0 Å². The van der Waals surface area contributed by atoms with Crippen LogP contribution in [0.15, 0.2) is 18.2 Å². The third-order valence-corrected chi connectivity index (χ3v) is 2.71. The van der Waals surface area contributed by atoms with E-state index in [0.717, 1.165) is 5.56 Å². The second kappa shape index (κ2) is 7.24. The van der Waals surface area contributed by atoms with Gasteiger partial charge in [0.25, 0.3) is 5.91 Å². The second-order valence-corrected chi connectivity index (χ2v) is 4.58. The number of carbonyl (C=O) groups is 1. The SMILES string of the molecule is COCC(Cl)CNC(=O)c1cc(C)ccc1OC. The maximum absolute atomic E-state index is 12.0. The van der Waals surface area contributed by atoms with Crippen molar-refractivity contribution in [2.45, 2.75) is 12.3 Å². The number of benzene rings is 1. The van der Waals surface area contributed by atoms with Crippen LogP contribution in [0.5, 0.6) is 5.75 Å². The molecule has 5 heteroatoms. The highest BCUT2D eigenvalue weighted by atomic mass is 35.5. The number of aryl methyl sites for hydroxylation is 1. The van der Waals surface area contributed by atoms with Gasteiger partial charge in [-0.1, -0.05) is 11.6 Å². The van der Waals surface area contributed by atoms with Gasteiger partial charge in [-0.3, -0.25) is 4.79 Å². The Morgan fingerprint density at radius 2 is 2.17 bits per heavy atom. The standard InChI is InChI=1S/C13H18ClNO3/c1-9-4-5-12(18-3)11(6-9)13(16)15-7-10(14)8-17-2/h4-6,10H,7-8H2,1-3H3,(H,15,16). The molecule has 1 N–H and O–H groups in total. The largest absolute Gasteiger partial charge is 0.496 e. The lowest BCUT2D eigenvalue weighted by atomic mass is 10.1. The van der Waals surface area contributed by atoms with Crippen LogP contribution in [0.2, 0.25) is 0 Å². The molecule has 0 aliphatic carbocycles. The Labute approximate surface area is 112 Å². The van der Waals surface area contributed by atoms with Gasteiger partial charge in [-0.25, -0.2) is 0 Å². The Morgan fingerprint density at radius 1 is 1.44 bits per heavy atom. The van der Waals surface area contributed by atoms with E-state index in [9.17, 15) is 4.79 Å². The number of hydrogen-bond acceptors (Lipinski definition) is 3. The van der Waals surface area contributed by atoms with Gasteiger partial charge in [0, 0.05) is 13.7 Å². The van der Waals surface area contributed by atoms with Gasteiger partial charge >= 0.3 is 0 Å². The van der Waals surface area contributed by atoms with Crippen molar-refractivity contribution in [3.63, 3.8) is 0 Å². The van der Waals surface area contributed by atoms with Crippen molar-refractivity contribution in [3.8, 4) is 5.75 Å². The fourth-order valence-electron chi connectivity index (χ4n) is 1.54. The molecule has 0 aromatic heterocycles. The number of halogens is 1. The van der Waals surface area contributed by atoms with E-state index in [-0.39, 0.29) is 11.3 Å². The fraction of sp³-hybridized carbons (Fsp3) is 0.462. The average molecular weight is 272 g/mol. The summed E-state index contributed by atoms with van der Waals surface area (Å²) in [6.45, 7) is 2.67. The molecule has 0 bridgehead atoms. The smallest absolute Gasteiger partial charge is 0.255 e. The quantitative estimate of drug-likeness (QED) is 0.805. The molecule has 0 fully saturated rings. The van der Waals surface area contributed by atoms with Gasteiger partial charge in [-0.2, -0.15) is 0 Å². The number of amides is 1. The maximum Gasteiger partial charge on any atom is 0.255 e. The first-order chi connectivity index (χ1) is 8.58. The molecule has 0 aliphatic rings. The predicted molar refractivity (Wildman–Crippen MR) is 71.6 cm³/mol. The second-order valence-electron chi connectivity index (χ2n) is 3.97. The number of methoxy groups -OCH3 is 2. The van der Waals surface area contributed by atoms with E-state index in [1.165, 1.54) is 7.11 Å². The Balaban J connectivity index is 2.68. The lowest BCUT2D eigenvalue weighted by molar-refractivity contribution is 0.0946. The normalized spacial score (nSPS) is 12.0. The molecule has 18 heavy (non-hydrogen) atoms. The van der Waals surface area contributed by atoms with E-state index in [4.69, 9.17) is 21.1 Å².